The van der Waals surface area contributed by atoms with Crippen LogP contribution in [0.25, 0.3) is 11.3 Å². The van der Waals surface area contributed by atoms with Gasteiger partial charge in [0.15, 0.2) is 16.6 Å². The molecule has 4 aromatic rings. The number of hydrogen-bond donors (Lipinski definition) is 1. The number of aromatic nitrogens is 1. The Balaban J connectivity index is 1.44. The van der Waals surface area contributed by atoms with Crippen molar-refractivity contribution in [1.29, 1.82) is 0 Å². The minimum absolute atomic E-state index is 0.0871. The lowest BCUT2D eigenvalue weighted by atomic mass is 10.1. The minimum Gasteiger partial charge on any atom is -0.493 e. The van der Waals surface area contributed by atoms with Gasteiger partial charge in [-0.1, -0.05) is 54.6 Å². The van der Waals surface area contributed by atoms with E-state index in [4.69, 9.17) is 14.5 Å². The number of piperazine rings is 1. The van der Waals surface area contributed by atoms with Gasteiger partial charge in [-0.25, -0.2) is 4.98 Å². The summed E-state index contributed by atoms with van der Waals surface area (Å²) in [5, 5.41) is 4.23. The van der Waals surface area contributed by atoms with E-state index in [1.165, 1.54) is 0 Å². The van der Waals surface area contributed by atoms with E-state index in [0.29, 0.717) is 18.8 Å². The van der Waals surface area contributed by atoms with Crippen LogP contribution >= 0.6 is 11.3 Å². The number of benzene rings is 3. The first-order valence-corrected chi connectivity index (χ1v) is 14.0. The highest BCUT2D eigenvalue weighted by molar-refractivity contribution is 7.16. The van der Waals surface area contributed by atoms with Crippen LogP contribution in [-0.2, 0) is 13.1 Å². The predicted molar refractivity (Wildman–Crippen MR) is 157 cm³/mol. The Labute approximate surface area is 234 Å². The fraction of sp³-hybridized carbons (Fsp3) is 0.290. The second-order valence-electron chi connectivity index (χ2n) is 9.52. The number of aryl methyl sites for hydroxylation is 1. The Kier molecular flexibility index (Phi) is 8.44. The monoisotopic (exact) mass is 542 g/mol. The summed E-state index contributed by atoms with van der Waals surface area (Å²) in [6.45, 7) is 6.49. The maximum Gasteiger partial charge on any atom is 0.253 e. The lowest BCUT2D eigenvalue weighted by molar-refractivity contribution is 0.0736. The molecule has 2 heterocycles. The average molecular weight is 543 g/mol. The van der Waals surface area contributed by atoms with Gasteiger partial charge in [0, 0.05) is 60.8 Å². The molecule has 1 aromatic heterocycles. The van der Waals surface area contributed by atoms with Gasteiger partial charge >= 0.3 is 0 Å². The number of hydrogen-bond acceptors (Lipinski definition) is 7. The van der Waals surface area contributed by atoms with Gasteiger partial charge < -0.3 is 24.6 Å². The van der Waals surface area contributed by atoms with Gasteiger partial charge in [-0.15, -0.1) is 11.3 Å². The molecule has 1 aliphatic rings. The highest BCUT2D eigenvalue weighted by Crippen LogP contribution is 2.36. The average Bonchev–Trinajstić information content (AvgIpc) is 3.39. The van der Waals surface area contributed by atoms with E-state index < -0.39 is 0 Å². The molecule has 0 aliphatic carbocycles. The first-order valence-electron chi connectivity index (χ1n) is 13.1. The first-order chi connectivity index (χ1) is 19.1. The van der Waals surface area contributed by atoms with Crippen LogP contribution in [0.1, 0.15) is 26.4 Å². The molecule has 1 N–H and O–H groups in total. The summed E-state index contributed by atoms with van der Waals surface area (Å²) in [5.74, 6) is 1.51. The quantitative estimate of drug-likeness (QED) is 0.306. The zero-order valence-electron chi connectivity index (χ0n) is 22.6. The summed E-state index contributed by atoms with van der Waals surface area (Å²) in [4.78, 5) is 23.4. The zero-order valence-corrected chi connectivity index (χ0v) is 23.5. The molecule has 0 atom stereocenters. The molecule has 0 bridgehead atoms. The van der Waals surface area contributed by atoms with Crippen molar-refractivity contribution in [2.75, 3.05) is 45.3 Å². The summed E-state index contributed by atoms with van der Waals surface area (Å²) in [5.41, 5.74) is 4.93. The molecule has 0 unspecified atom stereocenters. The molecule has 39 heavy (non-hydrogen) atoms. The third-order valence-corrected chi connectivity index (χ3v) is 7.96. The number of methoxy groups -OCH3 is 2. The zero-order chi connectivity index (χ0) is 27.2. The molecular weight excluding hydrogens is 508 g/mol. The summed E-state index contributed by atoms with van der Waals surface area (Å²) in [6, 6.07) is 24.2. The largest absolute Gasteiger partial charge is 0.493 e. The number of amides is 1. The van der Waals surface area contributed by atoms with E-state index in [1.807, 2.05) is 59.5 Å². The Morgan fingerprint density at radius 1 is 0.949 bits per heavy atom. The van der Waals surface area contributed by atoms with Gasteiger partial charge in [0.05, 0.1) is 19.9 Å². The van der Waals surface area contributed by atoms with Crippen molar-refractivity contribution in [2.24, 2.45) is 0 Å². The van der Waals surface area contributed by atoms with E-state index in [2.05, 4.69) is 35.3 Å². The molecule has 3 aromatic carbocycles. The van der Waals surface area contributed by atoms with Crippen molar-refractivity contribution in [3.05, 3.63) is 94.4 Å². The SMILES string of the molecule is COc1cccc(CN(Cc2ccc(C(=O)N3CCNCC3)cc2)c2nc(-c3ccccc3)c(C)s2)c1OC. The fourth-order valence-corrected chi connectivity index (χ4v) is 5.81. The number of thiazole rings is 1. The lowest BCUT2D eigenvalue weighted by Gasteiger charge is -2.27. The number of rotatable bonds is 9. The summed E-state index contributed by atoms with van der Waals surface area (Å²) in [7, 11) is 3.32. The van der Waals surface area contributed by atoms with Crippen LogP contribution in [0.3, 0.4) is 0 Å². The molecule has 1 fully saturated rings. The van der Waals surface area contributed by atoms with Crippen LogP contribution < -0.4 is 19.7 Å². The number of ether oxygens (including phenoxy) is 2. The Bertz CT molecular complexity index is 1400. The van der Waals surface area contributed by atoms with E-state index in [9.17, 15) is 4.79 Å². The second-order valence-corrected chi connectivity index (χ2v) is 10.7. The molecule has 202 valence electrons. The number of carbonyl (C=O) groups excluding carboxylic acids is 1. The molecule has 0 radical (unpaired) electrons. The third-order valence-electron chi connectivity index (χ3n) is 6.93. The molecule has 5 rings (SSSR count). The Morgan fingerprint density at radius 3 is 2.38 bits per heavy atom. The van der Waals surface area contributed by atoms with Gasteiger partial charge in [0.2, 0.25) is 0 Å². The highest BCUT2D eigenvalue weighted by atomic mass is 32.1. The van der Waals surface area contributed by atoms with E-state index in [-0.39, 0.29) is 5.91 Å². The van der Waals surface area contributed by atoms with Gasteiger partial charge in [-0.05, 0) is 30.7 Å². The molecule has 1 saturated heterocycles. The highest BCUT2D eigenvalue weighted by Gasteiger charge is 2.21. The topological polar surface area (TPSA) is 66.9 Å². The van der Waals surface area contributed by atoms with Crippen LogP contribution in [0.5, 0.6) is 11.5 Å². The van der Waals surface area contributed by atoms with Gasteiger partial charge in [0.25, 0.3) is 5.91 Å². The van der Waals surface area contributed by atoms with Crippen LogP contribution in [0.15, 0.2) is 72.8 Å². The summed E-state index contributed by atoms with van der Waals surface area (Å²) >= 11 is 1.68. The van der Waals surface area contributed by atoms with E-state index in [0.717, 1.165) is 69.9 Å². The smallest absolute Gasteiger partial charge is 0.253 e. The summed E-state index contributed by atoms with van der Waals surface area (Å²) < 4.78 is 11.3. The molecule has 0 saturated carbocycles. The molecule has 7 nitrogen and oxygen atoms in total. The van der Waals surface area contributed by atoms with Gasteiger partial charge in [0.1, 0.15) is 0 Å². The minimum atomic E-state index is 0.0871. The van der Waals surface area contributed by atoms with Crippen molar-refractivity contribution in [2.45, 2.75) is 20.0 Å². The van der Waals surface area contributed by atoms with Crippen molar-refractivity contribution in [3.63, 3.8) is 0 Å². The Morgan fingerprint density at radius 2 is 1.69 bits per heavy atom. The number of nitrogens with zero attached hydrogens (tertiary/aromatic N) is 3. The maximum absolute atomic E-state index is 13.0. The molecular formula is C31H34N4O3S. The molecule has 0 spiro atoms. The predicted octanol–water partition coefficient (Wildman–Crippen LogP) is 5.39. The van der Waals surface area contributed by atoms with E-state index in [1.54, 1.807) is 25.6 Å². The van der Waals surface area contributed by atoms with Crippen LogP contribution in [0.2, 0.25) is 0 Å². The van der Waals surface area contributed by atoms with E-state index >= 15 is 0 Å². The first kappa shape index (κ1) is 26.7. The van der Waals surface area contributed by atoms with Crippen LogP contribution in [0.4, 0.5) is 5.13 Å². The van der Waals surface area contributed by atoms with Gasteiger partial charge in [-0.3, -0.25) is 4.79 Å². The number of carbonyl (C=O) groups is 1. The van der Waals surface area contributed by atoms with Gasteiger partial charge in [-0.2, -0.15) is 0 Å². The lowest BCUT2D eigenvalue weighted by Crippen LogP contribution is -2.46. The number of nitrogens with one attached hydrogen (secondary N) is 1. The van der Waals surface area contributed by atoms with Crippen molar-refractivity contribution < 1.29 is 14.3 Å². The second kappa shape index (κ2) is 12.3. The number of anilines is 1. The van der Waals surface area contributed by atoms with Crippen molar-refractivity contribution in [3.8, 4) is 22.8 Å². The molecule has 1 amide bonds. The van der Waals surface area contributed by atoms with Crippen molar-refractivity contribution >= 4 is 22.4 Å². The molecule has 1 aliphatic heterocycles. The fourth-order valence-electron chi connectivity index (χ4n) is 4.88. The molecule has 8 heteroatoms. The van der Waals surface area contributed by atoms with Crippen molar-refractivity contribution in [1.82, 2.24) is 15.2 Å². The Hall–Kier alpha value is -3.88. The summed E-state index contributed by atoms with van der Waals surface area (Å²) in [6.07, 6.45) is 0. The maximum atomic E-state index is 13.0. The number of para-hydroxylation sites is 1. The van der Waals surface area contributed by atoms with Crippen LogP contribution in [0, 0.1) is 6.92 Å². The third kappa shape index (κ3) is 6.08. The van der Waals surface area contributed by atoms with Crippen LogP contribution in [-0.4, -0.2) is 56.2 Å². The normalized spacial score (nSPS) is 13.3. The standard InChI is InChI=1S/C31H34N4O3S/c1-22-28(24-8-5-4-6-9-24)33-31(39-22)35(21-26-10-7-11-27(37-2)29(26)38-3)20-23-12-14-25(15-13-23)30(36)34-18-16-32-17-19-34/h4-15,32H,16-21H2,1-3H3.